The van der Waals surface area contributed by atoms with E-state index in [0.717, 1.165) is 0 Å². The van der Waals surface area contributed by atoms with Gasteiger partial charge in [0, 0.05) is 37.8 Å². The Bertz CT molecular complexity index is 1000. The second-order valence-corrected chi connectivity index (χ2v) is 6.97. The van der Waals surface area contributed by atoms with Crippen molar-refractivity contribution in [2.75, 3.05) is 44.8 Å². The average Bonchev–Trinajstić information content (AvgIpc) is 2.77. The molecule has 31 heavy (non-hydrogen) atoms. The molecule has 2 aromatic carbocycles. The number of nitrogens with zero attached hydrogens (tertiary/aromatic N) is 3. The first-order valence-electron chi connectivity index (χ1n) is 9.58. The van der Waals surface area contributed by atoms with Crippen LogP contribution in [0.2, 0.25) is 0 Å². The van der Waals surface area contributed by atoms with Crippen LogP contribution in [0.5, 0.6) is 11.5 Å². The standard InChI is InChI=1S/C21H22FN3O6/c1-14(26)15-3-5-18(17(22)11-15)23-7-9-24(10-8-23)21(27)13-31-20-12-16(25(28)29)4-6-19(20)30-2/h3-6,11-12H,7-10,13H2,1-2H3. The van der Waals surface area contributed by atoms with Crippen LogP contribution < -0.4 is 14.4 Å². The summed E-state index contributed by atoms with van der Waals surface area (Å²) in [6.07, 6.45) is 0. The third-order valence-corrected chi connectivity index (χ3v) is 5.04. The zero-order chi connectivity index (χ0) is 22.5. The van der Waals surface area contributed by atoms with Gasteiger partial charge in [0.15, 0.2) is 23.9 Å². The number of nitro benzene ring substituents is 1. The molecule has 164 valence electrons. The fourth-order valence-electron chi connectivity index (χ4n) is 3.30. The molecule has 1 fully saturated rings. The van der Waals surface area contributed by atoms with Crippen LogP contribution in [-0.4, -0.2) is 61.4 Å². The SMILES string of the molecule is COc1ccc([N+](=O)[O-])cc1OCC(=O)N1CCN(c2ccc(C(C)=O)cc2F)CC1. The van der Waals surface area contributed by atoms with Crippen molar-refractivity contribution in [3.63, 3.8) is 0 Å². The van der Waals surface area contributed by atoms with Gasteiger partial charge in [0.05, 0.1) is 23.8 Å². The van der Waals surface area contributed by atoms with Crippen LogP contribution in [0.1, 0.15) is 17.3 Å². The highest BCUT2D eigenvalue weighted by Gasteiger charge is 2.24. The summed E-state index contributed by atoms with van der Waals surface area (Å²) in [4.78, 5) is 37.7. The van der Waals surface area contributed by atoms with E-state index in [9.17, 15) is 24.1 Å². The molecular weight excluding hydrogens is 409 g/mol. The predicted octanol–water partition coefficient (Wildman–Crippen LogP) is 2.67. The first kappa shape index (κ1) is 22.0. The van der Waals surface area contributed by atoms with E-state index in [2.05, 4.69) is 0 Å². The van der Waals surface area contributed by atoms with Crippen molar-refractivity contribution >= 4 is 23.1 Å². The van der Waals surface area contributed by atoms with Crippen molar-refractivity contribution in [3.05, 3.63) is 57.9 Å². The summed E-state index contributed by atoms with van der Waals surface area (Å²) in [6.45, 7) is 2.64. The Morgan fingerprint density at radius 3 is 2.39 bits per heavy atom. The summed E-state index contributed by atoms with van der Waals surface area (Å²) in [6, 6.07) is 8.27. The number of Topliss-reactive ketones (excluding diaryl/α,β-unsaturated/α-hetero) is 1. The van der Waals surface area contributed by atoms with Crippen LogP contribution in [0.3, 0.4) is 0 Å². The smallest absolute Gasteiger partial charge is 0.273 e. The van der Waals surface area contributed by atoms with Gasteiger partial charge in [0.1, 0.15) is 5.82 Å². The van der Waals surface area contributed by atoms with Crippen molar-refractivity contribution in [2.24, 2.45) is 0 Å². The number of piperazine rings is 1. The van der Waals surface area contributed by atoms with Gasteiger partial charge in [0.2, 0.25) is 0 Å². The Morgan fingerprint density at radius 1 is 1.10 bits per heavy atom. The molecule has 0 spiro atoms. The number of amides is 1. The molecule has 1 aliphatic rings. The van der Waals surface area contributed by atoms with E-state index in [4.69, 9.17) is 9.47 Å². The van der Waals surface area contributed by atoms with Crippen LogP contribution in [-0.2, 0) is 4.79 Å². The molecule has 0 bridgehead atoms. The maximum absolute atomic E-state index is 14.4. The number of nitro groups is 1. The zero-order valence-electron chi connectivity index (χ0n) is 17.2. The Balaban J connectivity index is 1.58. The summed E-state index contributed by atoms with van der Waals surface area (Å²) in [7, 11) is 1.40. The maximum Gasteiger partial charge on any atom is 0.273 e. The summed E-state index contributed by atoms with van der Waals surface area (Å²) in [5.41, 5.74) is 0.521. The molecule has 10 heteroatoms. The molecule has 0 aliphatic carbocycles. The summed E-state index contributed by atoms with van der Waals surface area (Å²) < 4.78 is 25.0. The first-order valence-corrected chi connectivity index (χ1v) is 9.58. The van der Waals surface area contributed by atoms with Crippen LogP contribution >= 0.6 is 0 Å². The number of ether oxygens (including phenoxy) is 2. The maximum atomic E-state index is 14.4. The van der Waals surface area contributed by atoms with Gasteiger partial charge in [0.25, 0.3) is 11.6 Å². The minimum Gasteiger partial charge on any atom is -0.493 e. The summed E-state index contributed by atoms with van der Waals surface area (Å²) in [5.74, 6) is -0.584. The summed E-state index contributed by atoms with van der Waals surface area (Å²) in [5, 5.41) is 10.9. The highest BCUT2D eigenvalue weighted by Crippen LogP contribution is 2.31. The fraction of sp³-hybridized carbons (Fsp3) is 0.333. The highest BCUT2D eigenvalue weighted by atomic mass is 19.1. The minimum atomic E-state index is -0.560. The lowest BCUT2D eigenvalue weighted by Crippen LogP contribution is -2.50. The molecule has 1 heterocycles. The number of rotatable bonds is 7. The number of benzene rings is 2. The highest BCUT2D eigenvalue weighted by molar-refractivity contribution is 5.94. The molecule has 0 radical (unpaired) electrons. The van der Waals surface area contributed by atoms with E-state index in [-0.39, 0.29) is 35.5 Å². The number of ketones is 1. The van der Waals surface area contributed by atoms with Gasteiger partial charge < -0.3 is 19.3 Å². The average molecular weight is 431 g/mol. The molecule has 0 saturated carbocycles. The van der Waals surface area contributed by atoms with E-state index < -0.39 is 10.7 Å². The molecule has 9 nitrogen and oxygen atoms in total. The Hall–Kier alpha value is -3.69. The molecule has 0 aromatic heterocycles. The van der Waals surface area contributed by atoms with Crippen molar-refractivity contribution in [3.8, 4) is 11.5 Å². The van der Waals surface area contributed by atoms with E-state index in [0.29, 0.717) is 37.4 Å². The molecule has 1 saturated heterocycles. The van der Waals surface area contributed by atoms with Crippen molar-refractivity contribution in [2.45, 2.75) is 6.92 Å². The molecule has 0 unspecified atom stereocenters. The van der Waals surface area contributed by atoms with Gasteiger partial charge in [-0.05, 0) is 31.2 Å². The number of hydrogen-bond acceptors (Lipinski definition) is 7. The number of carbonyl (C=O) groups is 2. The number of anilines is 1. The Labute approximate surface area is 178 Å². The molecule has 2 aromatic rings. The zero-order valence-corrected chi connectivity index (χ0v) is 17.2. The van der Waals surface area contributed by atoms with Gasteiger partial charge in [-0.2, -0.15) is 0 Å². The second-order valence-electron chi connectivity index (χ2n) is 6.97. The van der Waals surface area contributed by atoms with Gasteiger partial charge in [-0.3, -0.25) is 19.7 Å². The minimum absolute atomic E-state index is 0.108. The van der Waals surface area contributed by atoms with Crippen molar-refractivity contribution in [1.29, 1.82) is 0 Å². The lowest BCUT2D eigenvalue weighted by molar-refractivity contribution is -0.385. The van der Waals surface area contributed by atoms with E-state index in [1.54, 1.807) is 17.0 Å². The van der Waals surface area contributed by atoms with E-state index in [1.807, 2.05) is 4.90 Å². The molecule has 0 N–H and O–H groups in total. The number of hydrogen-bond donors (Lipinski definition) is 0. The molecule has 1 amide bonds. The third kappa shape index (κ3) is 5.08. The molecule has 0 atom stereocenters. The second kappa shape index (κ2) is 9.41. The lowest BCUT2D eigenvalue weighted by atomic mass is 10.1. The van der Waals surface area contributed by atoms with Crippen LogP contribution in [0, 0.1) is 15.9 Å². The van der Waals surface area contributed by atoms with Gasteiger partial charge in [-0.1, -0.05) is 0 Å². The van der Waals surface area contributed by atoms with Crippen LogP contribution in [0.15, 0.2) is 36.4 Å². The monoisotopic (exact) mass is 431 g/mol. The van der Waals surface area contributed by atoms with E-state index in [1.165, 1.54) is 38.3 Å². The Morgan fingerprint density at radius 2 is 1.81 bits per heavy atom. The number of carbonyl (C=O) groups excluding carboxylic acids is 2. The van der Waals surface area contributed by atoms with E-state index >= 15 is 0 Å². The van der Waals surface area contributed by atoms with Gasteiger partial charge >= 0.3 is 0 Å². The number of halogens is 1. The predicted molar refractivity (Wildman–Crippen MR) is 110 cm³/mol. The molecular formula is C21H22FN3O6. The normalized spacial score (nSPS) is 13.6. The quantitative estimate of drug-likeness (QED) is 0.377. The molecule has 3 rings (SSSR count). The third-order valence-electron chi connectivity index (χ3n) is 5.04. The fourth-order valence-corrected chi connectivity index (χ4v) is 3.30. The topological polar surface area (TPSA) is 102 Å². The van der Waals surface area contributed by atoms with Gasteiger partial charge in [-0.25, -0.2) is 4.39 Å². The summed E-state index contributed by atoms with van der Waals surface area (Å²) >= 11 is 0. The Kier molecular flexibility index (Phi) is 6.68. The van der Waals surface area contributed by atoms with Crippen LogP contribution in [0.4, 0.5) is 15.8 Å². The largest absolute Gasteiger partial charge is 0.493 e. The van der Waals surface area contributed by atoms with Crippen LogP contribution in [0.25, 0.3) is 0 Å². The van der Waals surface area contributed by atoms with Crippen molar-refractivity contribution in [1.82, 2.24) is 4.90 Å². The first-order chi connectivity index (χ1) is 14.8. The lowest BCUT2D eigenvalue weighted by Gasteiger charge is -2.36. The number of non-ortho nitro benzene ring substituents is 1. The number of methoxy groups -OCH3 is 1. The van der Waals surface area contributed by atoms with Gasteiger partial charge in [-0.15, -0.1) is 0 Å². The molecule has 1 aliphatic heterocycles. The van der Waals surface area contributed by atoms with Crippen molar-refractivity contribution < 1.29 is 28.4 Å².